The van der Waals surface area contributed by atoms with Crippen LogP contribution in [-0.4, -0.2) is 33.2 Å². The first-order valence-corrected chi connectivity index (χ1v) is 14.2. The second kappa shape index (κ2) is 12.5. The number of benzene rings is 3. The SMILES string of the molecule is Cc1ccc(S(=O)(=O)N(CC(=O)NCCCSCc2cccc(C)c2)c2cccc(C(F)(F)F)c2)cc1. The van der Waals surface area contributed by atoms with Crippen molar-refractivity contribution in [2.45, 2.75) is 37.1 Å². The van der Waals surface area contributed by atoms with Gasteiger partial charge in [0.1, 0.15) is 6.54 Å². The number of hydrogen-bond acceptors (Lipinski definition) is 4. The molecule has 0 saturated heterocycles. The third kappa shape index (κ3) is 8.26. The van der Waals surface area contributed by atoms with E-state index in [2.05, 4.69) is 17.4 Å². The van der Waals surface area contributed by atoms with E-state index >= 15 is 0 Å². The third-order valence-corrected chi connectivity index (χ3v) is 8.40. The Kier molecular flexibility index (Phi) is 9.67. The summed E-state index contributed by atoms with van der Waals surface area (Å²) in [5.41, 5.74) is 1.99. The molecule has 10 heteroatoms. The van der Waals surface area contributed by atoms with E-state index in [1.807, 2.05) is 19.1 Å². The molecule has 198 valence electrons. The van der Waals surface area contributed by atoms with Crippen molar-refractivity contribution in [3.05, 3.63) is 95.1 Å². The predicted octanol–water partition coefficient (Wildman–Crippen LogP) is 5.96. The quantitative estimate of drug-likeness (QED) is 0.299. The van der Waals surface area contributed by atoms with Gasteiger partial charge in [-0.2, -0.15) is 24.9 Å². The fourth-order valence-electron chi connectivity index (χ4n) is 3.57. The molecule has 0 spiro atoms. The molecule has 1 amide bonds. The highest BCUT2D eigenvalue weighted by atomic mass is 32.2. The van der Waals surface area contributed by atoms with E-state index < -0.39 is 34.2 Å². The van der Waals surface area contributed by atoms with Gasteiger partial charge in [0.05, 0.1) is 16.1 Å². The molecule has 0 aliphatic carbocycles. The summed E-state index contributed by atoms with van der Waals surface area (Å²) < 4.78 is 67.4. The summed E-state index contributed by atoms with van der Waals surface area (Å²) in [6.07, 6.45) is -4.00. The molecule has 0 atom stereocenters. The zero-order chi connectivity index (χ0) is 27.1. The maximum Gasteiger partial charge on any atom is 0.416 e. The molecule has 0 heterocycles. The molecule has 0 bridgehead atoms. The average molecular weight is 551 g/mol. The lowest BCUT2D eigenvalue weighted by molar-refractivity contribution is -0.137. The molecule has 3 rings (SSSR count). The second-order valence-corrected chi connectivity index (χ2v) is 11.6. The Bertz CT molecular complexity index is 1310. The highest BCUT2D eigenvalue weighted by Crippen LogP contribution is 2.33. The van der Waals surface area contributed by atoms with E-state index in [9.17, 15) is 26.4 Å². The molecule has 0 radical (unpaired) electrons. The van der Waals surface area contributed by atoms with Crippen molar-refractivity contribution in [2.75, 3.05) is 23.1 Å². The van der Waals surface area contributed by atoms with Gasteiger partial charge in [-0.15, -0.1) is 0 Å². The maximum absolute atomic E-state index is 13.4. The molecule has 1 N–H and O–H groups in total. The van der Waals surface area contributed by atoms with Crippen LogP contribution in [0.3, 0.4) is 0 Å². The fraction of sp³-hybridized carbons (Fsp3) is 0.296. The van der Waals surface area contributed by atoms with Crippen molar-refractivity contribution in [1.82, 2.24) is 5.32 Å². The lowest BCUT2D eigenvalue weighted by Gasteiger charge is -2.25. The molecule has 0 aliphatic heterocycles. The minimum atomic E-state index is -4.66. The van der Waals surface area contributed by atoms with Gasteiger partial charge in [-0.05, 0) is 61.9 Å². The summed E-state index contributed by atoms with van der Waals surface area (Å²) in [5, 5.41) is 2.69. The van der Waals surface area contributed by atoms with Crippen molar-refractivity contribution in [1.29, 1.82) is 0 Å². The van der Waals surface area contributed by atoms with Crippen molar-refractivity contribution in [2.24, 2.45) is 0 Å². The minimum Gasteiger partial charge on any atom is -0.354 e. The van der Waals surface area contributed by atoms with E-state index in [0.717, 1.165) is 35.3 Å². The Balaban J connectivity index is 1.67. The molecular formula is C27H29F3N2O3S2. The van der Waals surface area contributed by atoms with E-state index in [1.165, 1.54) is 29.3 Å². The zero-order valence-electron chi connectivity index (χ0n) is 20.6. The lowest BCUT2D eigenvalue weighted by atomic mass is 10.2. The first-order chi connectivity index (χ1) is 17.5. The van der Waals surface area contributed by atoms with Crippen LogP contribution in [-0.2, 0) is 26.7 Å². The van der Waals surface area contributed by atoms with Crippen molar-refractivity contribution in [3.8, 4) is 0 Å². The van der Waals surface area contributed by atoms with Crippen LogP contribution in [0.15, 0.2) is 77.7 Å². The standard InChI is InChI=1S/C27H29F3N2O3S2/c1-20-10-12-25(13-11-20)37(34,35)32(24-9-4-8-23(17-24)27(28,29)30)18-26(33)31-14-5-15-36-19-22-7-3-6-21(2)16-22/h3-4,6-13,16-17H,5,14-15,18-19H2,1-2H3,(H,31,33). The smallest absolute Gasteiger partial charge is 0.354 e. The number of anilines is 1. The molecule has 0 aromatic heterocycles. The summed E-state index contributed by atoms with van der Waals surface area (Å²) in [6, 6.07) is 18.1. The number of thioether (sulfide) groups is 1. The highest BCUT2D eigenvalue weighted by molar-refractivity contribution is 7.98. The van der Waals surface area contributed by atoms with Crippen LogP contribution < -0.4 is 9.62 Å². The molecule has 5 nitrogen and oxygen atoms in total. The van der Waals surface area contributed by atoms with Crippen LogP contribution >= 0.6 is 11.8 Å². The number of hydrogen-bond donors (Lipinski definition) is 1. The van der Waals surface area contributed by atoms with Gasteiger partial charge in [0.2, 0.25) is 5.91 Å². The van der Waals surface area contributed by atoms with Crippen molar-refractivity contribution in [3.63, 3.8) is 0 Å². The number of rotatable bonds is 11. The van der Waals surface area contributed by atoms with Crippen LogP contribution in [0.25, 0.3) is 0 Å². The number of halogens is 3. The van der Waals surface area contributed by atoms with E-state index in [-0.39, 0.29) is 10.6 Å². The van der Waals surface area contributed by atoms with Gasteiger partial charge >= 0.3 is 6.18 Å². The van der Waals surface area contributed by atoms with Crippen LogP contribution in [0.5, 0.6) is 0 Å². The largest absolute Gasteiger partial charge is 0.416 e. The predicted molar refractivity (Wildman–Crippen MR) is 142 cm³/mol. The molecule has 37 heavy (non-hydrogen) atoms. The molecule has 3 aromatic carbocycles. The van der Waals surface area contributed by atoms with Gasteiger partial charge in [-0.3, -0.25) is 9.10 Å². The van der Waals surface area contributed by atoms with Crippen LogP contribution in [0.1, 0.15) is 28.7 Å². The number of carbonyl (C=O) groups excluding carboxylic acids is 1. The Hall–Kier alpha value is -2.98. The van der Waals surface area contributed by atoms with E-state index in [1.54, 1.807) is 30.8 Å². The van der Waals surface area contributed by atoms with Gasteiger partial charge < -0.3 is 5.32 Å². The van der Waals surface area contributed by atoms with Crippen molar-refractivity contribution < 1.29 is 26.4 Å². The van der Waals surface area contributed by atoms with Gasteiger partial charge in [0, 0.05) is 12.3 Å². The Morgan fingerprint density at radius 1 is 0.946 bits per heavy atom. The number of nitrogens with zero attached hydrogens (tertiary/aromatic N) is 1. The van der Waals surface area contributed by atoms with Gasteiger partial charge in [-0.25, -0.2) is 8.42 Å². The number of aryl methyl sites for hydroxylation is 2. The maximum atomic E-state index is 13.4. The third-order valence-electron chi connectivity index (χ3n) is 5.50. The number of carbonyl (C=O) groups is 1. The molecular weight excluding hydrogens is 521 g/mol. The van der Waals surface area contributed by atoms with Gasteiger partial charge in [0.25, 0.3) is 10.0 Å². The second-order valence-electron chi connectivity index (χ2n) is 8.62. The summed E-state index contributed by atoms with van der Waals surface area (Å²) >= 11 is 1.72. The van der Waals surface area contributed by atoms with Crippen LogP contribution in [0.2, 0.25) is 0 Å². The topological polar surface area (TPSA) is 66.5 Å². The Morgan fingerprint density at radius 2 is 1.65 bits per heavy atom. The summed E-state index contributed by atoms with van der Waals surface area (Å²) in [7, 11) is -4.30. The summed E-state index contributed by atoms with van der Waals surface area (Å²) in [5.74, 6) is 1.03. The first-order valence-electron chi connectivity index (χ1n) is 11.6. The number of nitrogens with one attached hydrogen (secondary N) is 1. The first kappa shape index (κ1) is 28.6. The Morgan fingerprint density at radius 3 is 2.32 bits per heavy atom. The molecule has 0 aliphatic rings. The Labute approximate surface area is 220 Å². The van der Waals surface area contributed by atoms with Crippen LogP contribution in [0.4, 0.5) is 18.9 Å². The number of alkyl halides is 3. The van der Waals surface area contributed by atoms with E-state index in [0.29, 0.717) is 17.3 Å². The minimum absolute atomic E-state index is 0.115. The fourth-order valence-corrected chi connectivity index (χ4v) is 5.89. The molecule has 0 unspecified atom stereocenters. The van der Waals surface area contributed by atoms with Crippen LogP contribution in [0, 0.1) is 13.8 Å². The monoisotopic (exact) mass is 550 g/mol. The summed E-state index contributed by atoms with van der Waals surface area (Å²) in [6.45, 7) is 3.49. The molecule has 0 fully saturated rings. The molecule has 3 aromatic rings. The van der Waals surface area contributed by atoms with Crippen molar-refractivity contribution >= 4 is 33.4 Å². The highest BCUT2D eigenvalue weighted by Gasteiger charge is 2.33. The molecule has 0 saturated carbocycles. The normalized spacial score (nSPS) is 11.8. The number of amides is 1. The van der Waals surface area contributed by atoms with E-state index in [4.69, 9.17) is 0 Å². The zero-order valence-corrected chi connectivity index (χ0v) is 22.2. The van der Waals surface area contributed by atoms with Gasteiger partial charge in [0.15, 0.2) is 0 Å². The lowest BCUT2D eigenvalue weighted by Crippen LogP contribution is -2.41. The number of sulfonamides is 1. The van der Waals surface area contributed by atoms with Gasteiger partial charge in [-0.1, -0.05) is 53.6 Å². The summed E-state index contributed by atoms with van der Waals surface area (Å²) in [4.78, 5) is 12.6. The average Bonchev–Trinajstić information content (AvgIpc) is 2.84.